The predicted molar refractivity (Wildman–Crippen MR) is 110 cm³/mol. The highest BCUT2D eigenvalue weighted by atomic mass is 79.9. The Balaban J connectivity index is 0.00000256. The standard InChI is InChI=1S/C24H33N2O3.BrH/c1-2-3-4-5-6-7-8-9-14-25-15-10-11-18(16-25)17-26-23(27)21-19-12-13-20(29-19)22(21)24(26)28;/h10-13,15-16,19-22H,2-9,14,17H2,1H3;1H/q+1;/p-1/t19-,20+,21-,22+;. The van der Waals surface area contributed by atoms with E-state index < -0.39 is 0 Å². The quantitative estimate of drug-likeness (QED) is 0.203. The summed E-state index contributed by atoms with van der Waals surface area (Å²) in [6, 6.07) is 4.02. The third-order valence-electron chi connectivity index (χ3n) is 6.53. The first-order valence-electron chi connectivity index (χ1n) is 11.4. The van der Waals surface area contributed by atoms with E-state index in [1.54, 1.807) is 0 Å². The maximum absolute atomic E-state index is 12.8. The minimum atomic E-state index is -0.314. The first kappa shape index (κ1) is 23.1. The Hall–Kier alpha value is -1.53. The van der Waals surface area contributed by atoms with Crippen molar-refractivity contribution in [1.29, 1.82) is 0 Å². The highest BCUT2D eigenvalue weighted by Crippen LogP contribution is 2.45. The van der Waals surface area contributed by atoms with Crippen LogP contribution in [0.4, 0.5) is 0 Å². The van der Waals surface area contributed by atoms with Gasteiger partial charge in [-0.3, -0.25) is 14.5 Å². The van der Waals surface area contributed by atoms with Crippen LogP contribution >= 0.6 is 0 Å². The highest BCUT2D eigenvalue weighted by Gasteiger charge is 2.60. The normalized spacial score (nSPS) is 26.4. The maximum Gasteiger partial charge on any atom is 0.236 e. The molecule has 30 heavy (non-hydrogen) atoms. The zero-order valence-corrected chi connectivity index (χ0v) is 19.4. The van der Waals surface area contributed by atoms with Gasteiger partial charge in [-0.15, -0.1) is 0 Å². The van der Waals surface area contributed by atoms with Crippen LogP contribution in [0.2, 0.25) is 0 Å². The fraction of sp³-hybridized carbons (Fsp3) is 0.625. The molecule has 4 heterocycles. The number of fused-ring (bicyclic) bond motifs is 5. The van der Waals surface area contributed by atoms with Gasteiger partial charge in [0.2, 0.25) is 11.8 Å². The van der Waals surface area contributed by atoms with Crippen molar-refractivity contribution in [1.82, 2.24) is 4.90 Å². The summed E-state index contributed by atoms with van der Waals surface area (Å²) >= 11 is 0. The topological polar surface area (TPSA) is 50.5 Å². The van der Waals surface area contributed by atoms with Crippen LogP contribution in [-0.4, -0.2) is 28.9 Å². The predicted octanol–water partition coefficient (Wildman–Crippen LogP) is 0.557. The Morgan fingerprint density at radius 3 is 2.17 bits per heavy atom. The molecule has 2 fully saturated rings. The number of aromatic nitrogens is 1. The number of imide groups is 1. The van der Waals surface area contributed by atoms with Crippen molar-refractivity contribution < 1.29 is 35.9 Å². The largest absolute Gasteiger partial charge is 1.00 e. The molecule has 0 radical (unpaired) electrons. The van der Waals surface area contributed by atoms with Crippen molar-refractivity contribution >= 4 is 11.8 Å². The number of carbonyl (C=O) groups excluding carboxylic acids is 2. The molecule has 1 aromatic rings. The van der Waals surface area contributed by atoms with Crippen molar-refractivity contribution in [2.75, 3.05) is 0 Å². The fourth-order valence-corrected chi connectivity index (χ4v) is 4.94. The van der Waals surface area contributed by atoms with E-state index in [2.05, 4.69) is 23.9 Å². The third-order valence-corrected chi connectivity index (χ3v) is 6.53. The lowest BCUT2D eigenvalue weighted by molar-refractivity contribution is -0.697. The van der Waals surface area contributed by atoms with Crippen LogP contribution in [0, 0.1) is 11.8 Å². The van der Waals surface area contributed by atoms with Crippen molar-refractivity contribution in [3.63, 3.8) is 0 Å². The first-order valence-corrected chi connectivity index (χ1v) is 11.4. The molecule has 0 unspecified atom stereocenters. The van der Waals surface area contributed by atoms with Gasteiger partial charge in [0.05, 0.1) is 30.6 Å². The molecule has 164 valence electrons. The van der Waals surface area contributed by atoms with E-state index >= 15 is 0 Å². The summed E-state index contributed by atoms with van der Waals surface area (Å²) in [7, 11) is 0. The Labute approximate surface area is 190 Å². The molecule has 6 heteroatoms. The molecule has 4 rings (SSSR count). The van der Waals surface area contributed by atoms with E-state index in [9.17, 15) is 9.59 Å². The summed E-state index contributed by atoms with van der Waals surface area (Å²) in [5, 5.41) is 0. The molecule has 0 saturated carbocycles. The number of pyridine rings is 1. The molecule has 0 aromatic carbocycles. The highest BCUT2D eigenvalue weighted by molar-refractivity contribution is 6.06. The van der Waals surface area contributed by atoms with E-state index in [4.69, 9.17) is 4.74 Å². The fourth-order valence-electron chi connectivity index (χ4n) is 4.94. The zero-order chi connectivity index (χ0) is 20.2. The number of likely N-dealkylation sites (tertiary alicyclic amines) is 1. The lowest BCUT2D eigenvalue weighted by atomic mass is 9.85. The Morgan fingerprint density at radius 1 is 0.933 bits per heavy atom. The second-order valence-corrected chi connectivity index (χ2v) is 8.69. The van der Waals surface area contributed by atoms with Gasteiger partial charge in [0.15, 0.2) is 12.4 Å². The van der Waals surface area contributed by atoms with Gasteiger partial charge in [-0.05, 0) is 12.5 Å². The molecule has 2 bridgehead atoms. The van der Waals surface area contributed by atoms with Gasteiger partial charge >= 0.3 is 0 Å². The number of ether oxygens (including phenoxy) is 1. The van der Waals surface area contributed by atoms with Gasteiger partial charge in [0.1, 0.15) is 6.54 Å². The van der Waals surface area contributed by atoms with Gasteiger partial charge < -0.3 is 21.7 Å². The number of nitrogens with zero attached hydrogens (tertiary/aromatic N) is 2. The van der Waals surface area contributed by atoms with Gasteiger partial charge in [0, 0.05) is 18.1 Å². The summed E-state index contributed by atoms with van der Waals surface area (Å²) < 4.78 is 7.89. The molecule has 0 spiro atoms. The molecule has 1 aromatic heterocycles. The molecule has 4 atom stereocenters. The van der Waals surface area contributed by atoms with Crippen LogP contribution in [0.1, 0.15) is 63.9 Å². The molecule has 0 aliphatic carbocycles. The van der Waals surface area contributed by atoms with E-state index in [-0.39, 0.29) is 52.8 Å². The lowest BCUT2D eigenvalue weighted by Gasteiger charge is -2.17. The summed E-state index contributed by atoms with van der Waals surface area (Å²) in [4.78, 5) is 27.0. The first-order chi connectivity index (χ1) is 14.2. The van der Waals surface area contributed by atoms with Crippen LogP contribution in [0.5, 0.6) is 0 Å². The van der Waals surface area contributed by atoms with E-state index in [1.165, 1.54) is 56.3 Å². The van der Waals surface area contributed by atoms with Gasteiger partial charge in [0.25, 0.3) is 0 Å². The van der Waals surface area contributed by atoms with Gasteiger partial charge in [-0.1, -0.05) is 57.6 Å². The molecular formula is C24H33BrN2O3. The minimum Gasteiger partial charge on any atom is -1.00 e. The Kier molecular flexibility index (Phi) is 8.23. The van der Waals surface area contributed by atoms with E-state index in [0.29, 0.717) is 6.54 Å². The number of unbranched alkanes of at least 4 members (excludes halogenated alkanes) is 7. The number of halogens is 1. The lowest BCUT2D eigenvalue weighted by Crippen LogP contribution is -3.00. The minimum absolute atomic E-state index is 0. The molecule has 2 saturated heterocycles. The number of hydrogen-bond acceptors (Lipinski definition) is 3. The van der Waals surface area contributed by atoms with Crippen LogP contribution in [0.3, 0.4) is 0 Å². The van der Waals surface area contributed by atoms with Gasteiger partial charge in [-0.2, -0.15) is 0 Å². The van der Waals surface area contributed by atoms with Crippen LogP contribution in [-0.2, 0) is 27.4 Å². The third kappa shape index (κ3) is 4.86. The van der Waals surface area contributed by atoms with Crippen LogP contribution in [0.25, 0.3) is 0 Å². The molecule has 0 N–H and O–H groups in total. The van der Waals surface area contributed by atoms with Crippen molar-refractivity contribution in [3.8, 4) is 0 Å². The number of aryl methyl sites for hydroxylation is 1. The second-order valence-electron chi connectivity index (χ2n) is 8.69. The van der Waals surface area contributed by atoms with Crippen molar-refractivity contribution in [3.05, 3.63) is 42.2 Å². The SMILES string of the molecule is CCCCCCCCCC[n+]1cccc(CN2C(=O)[C@@H]3[C@H](C2=O)[C@H]2C=C[C@@H]3O2)c1.[Br-]. The Morgan fingerprint density at radius 2 is 1.53 bits per heavy atom. The van der Waals surface area contributed by atoms with Crippen molar-refractivity contribution in [2.24, 2.45) is 11.8 Å². The second kappa shape index (κ2) is 10.7. The summed E-state index contributed by atoms with van der Waals surface area (Å²) in [6.45, 7) is 3.60. The zero-order valence-electron chi connectivity index (χ0n) is 17.8. The maximum atomic E-state index is 12.8. The molecular weight excluding hydrogens is 444 g/mol. The summed E-state index contributed by atoms with van der Waals surface area (Å²) in [5.74, 6) is -0.776. The number of hydrogen-bond donors (Lipinski definition) is 0. The monoisotopic (exact) mass is 476 g/mol. The van der Waals surface area contributed by atoms with Crippen LogP contribution in [0.15, 0.2) is 36.7 Å². The summed E-state index contributed by atoms with van der Waals surface area (Å²) in [5.41, 5.74) is 1.01. The number of rotatable bonds is 11. The average molecular weight is 477 g/mol. The van der Waals surface area contributed by atoms with Crippen LogP contribution < -0.4 is 21.5 Å². The average Bonchev–Trinajstić information content (AvgIpc) is 3.40. The number of amides is 2. The molecule has 5 nitrogen and oxygen atoms in total. The molecule has 2 amide bonds. The van der Waals surface area contributed by atoms with Gasteiger partial charge in [-0.25, -0.2) is 4.57 Å². The molecule has 3 aliphatic rings. The van der Waals surface area contributed by atoms with Crippen molar-refractivity contribution in [2.45, 2.75) is 83.6 Å². The smallest absolute Gasteiger partial charge is 0.236 e. The number of carbonyl (C=O) groups is 2. The molecule has 3 aliphatic heterocycles. The Bertz CT molecular complexity index is 751. The summed E-state index contributed by atoms with van der Waals surface area (Å²) in [6.07, 6.45) is 18.0. The van der Waals surface area contributed by atoms with E-state index in [1.807, 2.05) is 24.3 Å². The van der Waals surface area contributed by atoms with E-state index in [0.717, 1.165) is 12.1 Å².